The van der Waals surface area contributed by atoms with Gasteiger partial charge in [0.2, 0.25) is 0 Å². The fourth-order valence-electron chi connectivity index (χ4n) is 5.28. The Morgan fingerprint density at radius 3 is 2.89 bits per heavy atom. The molecule has 1 aromatic heterocycles. The highest BCUT2D eigenvalue weighted by atomic mass is 35.5. The van der Waals surface area contributed by atoms with E-state index in [1.165, 1.54) is 16.8 Å². The summed E-state index contributed by atoms with van der Waals surface area (Å²) in [5.74, 6) is 1.51. The first-order valence-corrected chi connectivity index (χ1v) is 10.4. The maximum atomic E-state index is 6.46. The number of methoxy groups -OCH3 is 1. The van der Waals surface area contributed by atoms with E-state index in [2.05, 4.69) is 42.3 Å². The molecule has 144 valence electrons. The third-order valence-electron chi connectivity index (χ3n) is 6.81. The van der Waals surface area contributed by atoms with E-state index in [-0.39, 0.29) is 5.41 Å². The van der Waals surface area contributed by atoms with Gasteiger partial charge in [-0.3, -0.25) is 4.98 Å². The maximum absolute atomic E-state index is 6.46. The molecule has 28 heavy (non-hydrogen) atoms. The lowest BCUT2D eigenvalue weighted by Crippen LogP contribution is -2.53. The number of ether oxygens (including phenoxy) is 1. The Morgan fingerprint density at radius 1 is 1.18 bits per heavy atom. The molecule has 3 aromatic rings. The summed E-state index contributed by atoms with van der Waals surface area (Å²) in [4.78, 5) is 7.53. The highest BCUT2D eigenvalue weighted by Crippen LogP contribution is 2.48. The van der Waals surface area contributed by atoms with Crippen LogP contribution in [0.25, 0.3) is 10.9 Å². The molecule has 0 N–H and O–H groups in total. The van der Waals surface area contributed by atoms with Crippen LogP contribution in [0.2, 0.25) is 5.02 Å². The zero-order chi connectivity index (χ0) is 19.3. The largest absolute Gasteiger partial charge is 0.497 e. The summed E-state index contributed by atoms with van der Waals surface area (Å²) in [7, 11) is 3.98. The van der Waals surface area contributed by atoms with Crippen LogP contribution in [-0.4, -0.2) is 37.1 Å². The van der Waals surface area contributed by atoms with Crippen LogP contribution in [0, 0.1) is 5.92 Å². The Bertz CT molecular complexity index is 1050. The van der Waals surface area contributed by atoms with Crippen LogP contribution in [0.3, 0.4) is 0 Å². The van der Waals surface area contributed by atoms with Crippen molar-refractivity contribution in [2.75, 3.05) is 27.2 Å². The number of benzene rings is 2. The molecular formula is C24H25ClN2O. The van der Waals surface area contributed by atoms with Crippen molar-refractivity contribution in [1.29, 1.82) is 0 Å². The molecule has 3 nitrogen and oxygen atoms in total. The third kappa shape index (κ3) is 2.80. The van der Waals surface area contributed by atoms with Gasteiger partial charge in [-0.15, -0.1) is 0 Å². The zero-order valence-corrected chi connectivity index (χ0v) is 17.2. The number of rotatable bonds is 2. The molecule has 0 spiro atoms. The van der Waals surface area contributed by atoms with Crippen molar-refractivity contribution in [3.05, 3.63) is 70.4 Å². The molecule has 2 heterocycles. The molecule has 1 fully saturated rings. The fraction of sp³-hybridized carbons (Fsp3) is 0.375. The normalized spacial score (nSPS) is 24.6. The van der Waals surface area contributed by atoms with Crippen LogP contribution in [-0.2, 0) is 18.3 Å². The summed E-state index contributed by atoms with van der Waals surface area (Å²) in [5.41, 5.74) is 5.01. The average molecular weight is 393 g/mol. The van der Waals surface area contributed by atoms with Gasteiger partial charge in [-0.1, -0.05) is 35.9 Å². The highest BCUT2D eigenvalue weighted by Gasteiger charge is 2.47. The van der Waals surface area contributed by atoms with Crippen LogP contribution in [0.15, 0.2) is 48.5 Å². The average Bonchev–Trinajstić information content (AvgIpc) is 2.71. The molecule has 5 rings (SSSR count). The molecule has 2 aliphatic rings. The van der Waals surface area contributed by atoms with Gasteiger partial charge < -0.3 is 9.64 Å². The van der Waals surface area contributed by atoms with Crippen LogP contribution in [0.5, 0.6) is 5.75 Å². The van der Waals surface area contributed by atoms with Crippen LogP contribution >= 0.6 is 11.6 Å². The summed E-state index contributed by atoms with van der Waals surface area (Å²) in [6, 6.07) is 17.0. The van der Waals surface area contributed by atoms with Crippen LogP contribution in [0.4, 0.5) is 0 Å². The molecule has 4 heteroatoms. The smallest absolute Gasteiger partial charge is 0.119 e. The van der Waals surface area contributed by atoms with E-state index in [0.29, 0.717) is 5.92 Å². The lowest BCUT2D eigenvalue weighted by atomic mass is 9.58. The van der Waals surface area contributed by atoms with Crippen molar-refractivity contribution in [2.24, 2.45) is 5.92 Å². The molecule has 2 aromatic carbocycles. The number of piperidine rings is 1. The number of hydrogen-bond acceptors (Lipinski definition) is 3. The Morgan fingerprint density at radius 2 is 2.04 bits per heavy atom. The van der Waals surface area contributed by atoms with Crippen LogP contribution in [0.1, 0.15) is 23.2 Å². The minimum Gasteiger partial charge on any atom is -0.497 e. The Kier molecular flexibility index (Phi) is 4.33. The van der Waals surface area contributed by atoms with Gasteiger partial charge >= 0.3 is 0 Å². The predicted molar refractivity (Wildman–Crippen MR) is 114 cm³/mol. The summed E-state index contributed by atoms with van der Waals surface area (Å²) < 4.78 is 5.54. The number of pyridine rings is 1. The first-order chi connectivity index (χ1) is 13.6. The molecule has 0 amide bonds. The van der Waals surface area contributed by atoms with Gasteiger partial charge in [-0.25, -0.2) is 0 Å². The number of fused-ring (bicyclic) bond motifs is 3. The van der Waals surface area contributed by atoms with Crippen molar-refractivity contribution in [3.8, 4) is 5.75 Å². The number of hydrogen-bond donors (Lipinski definition) is 0. The van der Waals surface area contributed by atoms with Gasteiger partial charge in [0, 0.05) is 29.5 Å². The second-order valence-corrected chi connectivity index (χ2v) is 8.79. The third-order valence-corrected chi connectivity index (χ3v) is 7.12. The van der Waals surface area contributed by atoms with Gasteiger partial charge in [-0.05, 0) is 67.7 Å². The SMILES string of the molecule is COc1cccc([C@@]23CCN(C)C[C@@H]2Cc2cc4cccc(Cl)c4nc2C3)c1. The number of nitrogens with zero attached hydrogens (tertiary/aromatic N) is 2. The quantitative estimate of drug-likeness (QED) is 0.621. The standard InChI is InChI=1S/C24H25ClN2O/c1-27-10-9-24(18-6-4-7-20(13-18)28-2)14-22-17(12-19(24)15-27)11-16-5-3-8-21(25)23(16)26-22/h3-8,11,13,19H,9-10,12,14-15H2,1-2H3/t19-,24-/m0/s1. The van der Waals surface area contributed by atoms with Gasteiger partial charge in [0.05, 0.1) is 17.6 Å². The van der Waals surface area contributed by atoms with Crippen molar-refractivity contribution in [2.45, 2.75) is 24.7 Å². The van der Waals surface area contributed by atoms with Gasteiger partial charge in [0.25, 0.3) is 0 Å². The van der Waals surface area contributed by atoms with Gasteiger partial charge in [0.15, 0.2) is 0 Å². The molecule has 2 atom stereocenters. The number of aromatic nitrogens is 1. The van der Waals surface area contributed by atoms with Gasteiger partial charge in [-0.2, -0.15) is 0 Å². The van der Waals surface area contributed by atoms with Crippen molar-refractivity contribution in [1.82, 2.24) is 9.88 Å². The summed E-state index contributed by atoms with van der Waals surface area (Å²) in [6.07, 6.45) is 3.17. The second-order valence-electron chi connectivity index (χ2n) is 8.38. The van der Waals surface area contributed by atoms with Crippen molar-refractivity contribution in [3.63, 3.8) is 0 Å². The molecule has 0 radical (unpaired) electrons. The minimum atomic E-state index is 0.107. The number of para-hydroxylation sites is 1. The molecule has 1 saturated heterocycles. The molecule has 1 aliphatic carbocycles. The summed E-state index contributed by atoms with van der Waals surface area (Å²) >= 11 is 6.46. The minimum absolute atomic E-state index is 0.107. The topological polar surface area (TPSA) is 25.4 Å². The molecular weight excluding hydrogens is 368 g/mol. The second kappa shape index (κ2) is 6.75. The van der Waals surface area contributed by atoms with E-state index >= 15 is 0 Å². The van der Waals surface area contributed by atoms with E-state index < -0.39 is 0 Å². The Labute approximate surface area is 171 Å². The van der Waals surface area contributed by atoms with Gasteiger partial charge in [0.1, 0.15) is 5.75 Å². The maximum Gasteiger partial charge on any atom is 0.119 e. The lowest BCUT2D eigenvalue weighted by Gasteiger charge is -2.50. The molecule has 1 aliphatic heterocycles. The Balaban J connectivity index is 1.67. The predicted octanol–water partition coefficient (Wildman–Crippen LogP) is 4.89. The molecule has 0 bridgehead atoms. The van der Waals surface area contributed by atoms with E-state index in [0.717, 1.165) is 54.0 Å². The summed E-state index contributed by atoms with van der Waals surface area (Å²) in [6.45, 7) is 2.22. The number of likely N-dealkylation sites (tertiary alicyclic amines) is 1. The van der Waals surface area contributed by atoms with Crippen molar-refractivity contribution < 1.29 is 4.74 Å². The van der Waals surface area contributed by atoms with Crippen molar-refractivity contribution >= 4 is 22.5 Å². The first-order valence-electron chi connectivity index (χ1n) is 9.99. The molecule has 0 unspecified atom stereocenters. The van der Waals surface area contributed by atoms with Crippen LogP contribution < -0.4 is 4.74 Å². The molecule has 0 saturated carbocycles. The zero-order valence-electron chi connectivity index (χ0n) is 16.4. The summed E-state index contributed by atoms with van der Waals surface area (Å²) in [5, 5.41) is 1.88. The van der Waals surface area contributed by atoms with E-state index in [1.54, 1.807) is 7.11 Å². The van der Waals surface area contributed by atoms with E-state index in [1.807, 2.05) is 18.2 Å². The first kappa shape index (κ1) is 18.0. The fourth-order valence-corrected chi connectivity index (χ4v) is 5.51. The Hall–Kier alpha value is -2.10. The van der Waals surface area contributed by atoms with E-state index in [9.17, 15) is 0 Å². The number of halogens is 1. The monoisotopic (exact) mass is 392 g/mol. The highest BCUT2D eigenvalue weighted by molar-refractivity contribution is 6.35. The van der Waals surface area contributed by atoms with E-state index in [4.69, 9.17) is 21.3 Å². The lowest BCUT2D eigenvalue weighted by molar-refractivity contribution is 0.0987.